The molecule has 0 heterocycles. The van der Waals surface area contributed by atoms with Gasteiger partial charge >= 0.3 is 23.9 Å². The summed E-state index contributed by atoms with van der Waals surface area (Å²) in [6.07, 6.45) is 4.05. The zero-order valence-electron chi connectivity index (χ0n) is 20.2. The van der Waals surface area contributed by atoms with Crippen LogP contribution in [0.3, 0.4) is 0 Å². The molecule has 0 saturated carbocycles. The van der Waals surface area contributed by atoms with E-state index in [4.69, 9.17) is 9.47 Å². The molecular weight excluding hydrogens is 444 g/mol. The molecule has 34 heavy (non-hydrogen) atoms. The number of anilines is 1. The average molecular weight is 477 g/mol. The molecule has 1 aromatic rings. The van der Waals surface area contributed by atoms with Gasteiger partial charge in [0.15, 0.2) is 0 Å². The van der Waals surface area contributed by atoms with Gasteiger partial charge in [-0.05, 0) is 38.6 Å². The number of benzene rings is 1. The Morgan fingerprint density at radius 1 is 0.912 bits per heavy atom. The minimum Gasteiger partial charge on any atom is -0.466 e. The summed E-state index contributed by atoms with van der Waals surface area (Å²) in [5, 5.41) is 3.17. The van der Waals surface area contributed by atoms with Crippen molar-refractivity contribution in [2.24, 2.45) is 0 Å². The molecule has 0 atom stereocenters. The number of methoxy groups -OCH3 is 2. The predicted molar refractivity (Wildman–Crippen MR) is 125 cm³/mol. The highest BCUT2D eigenvalue weighted by molar-refractivity contribution is 5.92. The maximum Gasteiger partial charge on any atom is 0.331 e. The van der Waals surface area contributed by atoms with Crippen molar-refractivity contribution in [3.63, 3.8) is 0 Å². The smallest absolute Gasteiger partial charge is 0.331 e. The summed E-state index contributed by atoms with van der Waals surface area (Å²) in [5.74, 6) is -2.52. The number of carbonyl (C=O) groups is 4. The summed E-state index contributed by atoms with van der Waals surface area (Å²) >= 11 is 0. The second kappa shape index (κ2) is 14.5. The van der Waals surface area contributed by atoms with E-state index in [1.165, 1.54) is 14.2 Å². The molecule has 1 rings (SSSR count). The topological polar surface area (TPSA) is 120 Å². The number of hydrogen-bond donors (Lipinski definition) is 1. The molecule has 10 heteroatoms. The van der Waals surface area contributed by atoms with Crippen LogP contribution in [0.2, 0.25) is 0 Å². The van der Waals surface area contributed by atoms with E-state index in [0.717, 1.165) is 35.6 Å². The second-order valence-electron chi connectivity index (χ2n) is 7.78. The lowest BCUT2D eigenvalue weighted by Crippen LogP contribution is -2.44. The highest BCUT2D eigenvalue weighted by atomic mass is 16.5. The van der Waals surface area contributed by atoms with Crippen LogP contribution in [-0.4, -0.2) is 75.3 Å². The summed E-state index contributed by atoms with van der Waals surface area (Å²) in [7, 11) is 4.36. The molecule has 1 N–H and O–H groups in total. The van der Waals surface area contributed by atoms with Crippen LogP contribution >= 0.6 is 0 Å². The Bertz CT molecular complexity index is 908. The molecule has 0 bridgehead atoms. The number of rotatable bonds is 13. The molecule has 0 amide bonds. The Balaban J connectivity index is 2.51. The standard InChI is InChI=1S/C24H32N2O8/c1-24(2,17-34-23(30)12-10-21(28)32-5)26(3)16-18-7-6-8-19(15-18)25-13-14-33-22(29)11-9-20(27)31-4/h6-12,15,25H,13-14,16-17H2,1-5H3/b11-9+,12-10+. The van der Waals surface area contributed by atoms with E-state index < -0.39 is 29.4 Å². The summed E-state index contributed by atoms with van der Waals surface area (Å²) < 4.78 is 19.1. The number of likely N-dealkylation sites (N-methyl/N-ethyl adjacent to an activating group) is 1. The van der Waals surface area contributed by atoms with Crippen molar-refractivity contribution < 1.29 is 38.1 Å². The van der Waals surface area contributed by atoms with Crippen molar-refractivity contribution in [2.45, 2.75) is 25.9 Å². The molecule has 1 aromatic carbocycles. The Labute approximate surface area is 199 Å². The Kier molecular flexibility index (Phi) is 12.1. The number of nitrogens with one attached hydrogen (secondary N) is 1. The van der Waals surface area contributed by atoms with E-state index >= 15 is 0 Å². The third-order valence-electron chi connectivity index (χ3n) is 4.74. The van der Waals surface area contributed by atoms with Crippen molar-refractivity contribution in [2.75, 3.05) is 46.3 Å². The normalized spacial score (nSPS) is 11.5. The number of carbonyl (C=O) groups excluding carboxylic acids is 4. The lowest BCUT2D eigenvalue weighted by atomic mass is 10.0. The van der Waals surface area contributed by atoms with Gasteiger partial charge < -0.3 is 24.3 Å². The van der Waals surface area contributed by atoms with Crippen molar-refractivity contribution in [1.29, 1.82) is 0 Å². The minimum absolute atomic E-state index is 0.122. The summed E-state index contributed by atoms with van der Waals surface area (Å²) in [5.41, 5.74) is 1.41. The summed E-state index contributed by atoms with van der Waals surface area (Å²) in [6.45, 7) is 5.10. The van der Waals surface area contributed by atoms with Gasteiger partial charge in [-0.2, -0.15) is 0 Å². The quantitative estimate of drug-likeness (QED) is 0.195. The van der Waals surface area contributed by atoms with E-state index in [2.05, 4.69) is 14.8 Å². The monoisotopic (exact) mass is 476 g/mol. The minimum atomic E-state index is -0.633. The number of nitrogens with zero attached hydrogens (tertiary/aromatic N) is 1. The molecule has 0 saturated heterocycles. The molecule has 0 aliphatic rings. The molecule has 0 unspecified atom stereocenters. The number of ether oxygens (including phenoxy) is 4. The first-order valence-electron chi connectivity index (χ1n) is 10.5. The van der Waals surface area contributed by atoms with Crippen molar-refractivity contribution >= 4 is 29.6 Å². The van der Waals surface area contributed by atoms with Crippen LogP contribution in [0.4, 0.5) is 5.69 Å². The van der Waals surface area contributed by atoms with Crippen molar-refractivity contribution in [3.05, 3.63) is 54.1 Å². The van der Waals surface area contributed by atoms with Crippen LogP contribution in [0.15, 0.2) is 48.6 Å². The first-order valence-corrected chi connectivity index (χ1v) is 10.5. The van der Waals surface area contributed by atoms with Crippen LogP contribution in [-0.2, 0) is 44.7 Å². The molecule has 10 nitrogen and oxygen atoms in total. The van der Waals surface area contributed by atoms with E-state index in [1.54, 1.807) is 0 Å². The first-order chi connectivity index (χ1) is 16.1. The highest BCUT2D eigenvalue weighted by Crippen LogP contribution is 2.19. The zero-order chi connectivity index (χ0) is 25.6. The fourth-order valence-corrected chi connectivity index (χ4v) is 2.48. The third-order valence-corrected chi connectivity index (χ3v) is 4.74. The Hall–Kier alpha value is -3.66. The molecule has 186 valence electrons. The highest BCUT2D eigenvalue weighted by Gasteiger charge is 2.25. The zero-order valence-corrected chi connectivity index (χ0v) is 20.2. The second-order valence-corrected chi connectivity index (χ2v) is 7.78. The maximum atomic E-state index is 11.8. The van der Waals surface area contributed by atoms with E-state index in [9.17, 15) is 19.2 Å². The van der Waals surface area contributed by atoms with E-state index in [1.807, 2.05) is 50.1 Å². The summed E-state index contributed by atoms with van der Waals surface area (Å²) in [6, 6.07) is 7.74. The largest absolute Gasteiger partial charge is 0.466 e. The van der Waals surface area contributed by atoms with Gasteiger partial charge in [0.1, 0.15) is 13.2 Å². The molecular formula is C24H32N2O8. The molecule has 0 spiro atoms. The van der Waals surface area contributed by atoms with E-state index in [0.29, 0.717) is 13.1 Å². The van der Waals surface area contributed by atoms with Crippen molar-refractivity contribution in [3.8, 4) is 0 Å². The van der Waals surface area contributed by atoms with Crippen LogP contribution in [0.25, 0.3) is 0 Å². The number of esters is 4. The van der Waals surface area contributed by atoms with Crippen LogP contribution in [0.5, 0.6) is 0 Å². The predicted octanol–water partition coefficient (Wildman–Crippen LogP) is 1.85. The Morgan fingerprint density at radius 3 is 2.06 bits per heavy atom. The SMILES string of the molecule is COC(=O)/C=C/C(=O)OCCNc1cccc(CN(C)C(C)(C)COC(=O)/C=C/C(=O)OC)c1. The first kappa shape index (κ1) is 28.4. The molecule has 0 radical (unpaired) electrons. The van der Waals surface area contributed by atoms with Gasteiger partial charge in [-0.3, -0.25) is 4.90 Å². The van der Waals surface area contributed by atoms with Crippen LogP contribution in [0.1, 0.15) is 19.4 Å². The summed E-state index contributed by atoms with van der Waals surface area (Å²) in [4.78, 5) is 47.4. The average Bonchev–Trinajstić information content (AvgIpc) is 2.82. The Morgan fingerprint density at radius 2 is 1.47 bits per heavy atom. The maximum absolute atomic E-state index is 11.8. The van der Waals surface area contributed by atoms with Gasteiger partial charge in [0.25, 0.3) is 0 Å². The van der Waals surface area contributed by atoms with Gasteiger partial charge in [0, 0.05) is 48.6 Å². The molecule has 0 fully saturated rings. The van der Waals surface area contributed by atoms with Crippen LogP contribution in [0, 0.1) is 0 Å². The fraction of sp³-hybridized carbons (Fsp3) is 0.417. The molecule has 0 aliphatic carbocycles. The van der Waals surface area contributed by atoms with Gasteiger partial charge in [0.2, 0.25) is 0 Å². The fourth-order valence-electron chi connectivity index (χ4n) is 2.48. The van der Waals surface area contributed by atoms with E-state index in [-0.39, 0.29) is 13.2 Å². The lowest BCUT2D eigenvalue weighted by molar-refractivity contribution is -0.142. The number of hydrogen-bond acceptors (Lipinski definition) is 10. The van der Waals surface area contributed by atoms with Gasteiger partial charge in [0.05, 0.1) is 14.2 Å². The van der Waals surface area contributed by atoms with Crippen LogP contribution < -0.4 is 5.32 Å². The molecule has 0 aromatic heterocycles. The van der Waals surface area contributed by atoms with Gasteiger partial charge in [-0.1, -0.05) is 12.1 Å². The third kappa shape index (κ3) is 11.3. The van der Waals surface area contributed by atoms with Crippen molar-refractivity contribution in [1.82, 2.24) is 4.90 Å². The van der Waals surface area contributed by atoms with Gasteiger partial charge in [-0.25, -0.2) is 19.2 Å². The van der Waals surface area contributed by atoms with Gasteiger partial charge in [-0.15, -0.1) is 0 Å². The molecule has 0 aliphatic heterocycles. The lowest BCUT2D eigenvalue weighted by Gasteiger charge is -2.35.